The first-order valence-corrected chi connectivity index (χ1v) is 7.05. The molecule has 2 aromatic rings. The summed E-state index contributed by atoms with van der Waals surface area (Å²) in [5.41, 5.74) is 2.55. The minimum absolute atomic E-state index is 0.209. The molecule has 0 aliphatic heterocycles. The number of fused-ring (bicyclic) bond motifs is 1. The Balaban J connectivity index is 1.80. The number of carbonyl (C=O) groups is 1. The number of amides is 1. The van der Waals surface area contributed by atoms with E-state index in [4.69, 9.17) is 16.1 Å². The normalized spacial score (nSPS) is 17.6. The summed E-state index contributed by atoms with van der Waals surface area (Å²) in [7, 11) is 0. The van der Waals surface area contributed by atoms with Crippen LogP contribution in [0.15, 0.2) is 28.8 Å². The highest BCUT2D eigenvalue weighted by molar-refractivity contribution is 6.30. The molecule has 1 aromatic heterocycles. The number of nitrogens with one attached hydrogen (secondary N) is 1. The number of aryl methyl sites for hydroxylation is 1. The number of hydrogen-bond acceptors (Lipinski definition) is 3. The Labute approximate surface area is 122 Å². The van der Waals surface area contributed by atoms with Gasteiger partial charge in [0, 0.05) is 16.1 Å². The fourth-order valence-corrected chi connectivity index (χ4v) is 2.58. The average Bonchev–Trinajstić information content (AvgIpc) is 2.82. The minimum atomic E-state index is -0.209. The number of halogens is 1. The standard InChI is InChI=1S/C15H15ClN2O2/c1-9-2-7-13-12(8-9)15(20-18-13)17-14(19)10-3-5-11(16)6-4-10/h3-6,9H,2,7-8H2,1H3,(H,17,19)/t9-/m1/s1. The average molecular weight is 291 g/mol. The van der Waals surface area contributed by atoms with E-state index in [0.29, 0.717) is 22.4 Å². The van der Waals surface area contributed by atoms with Gasteiger partial charge in [0.2, 0.25) is 5.88 Å². The number of aromatic nitrogens is 1. The van der Waals surface area contributed by atoms with Crippen LogP contribution >= 0.6 is 11.6 Å². The molecule has 0 spiro atoms. The van der Waals surface area contributed by atoms with Crippen LogP contribution in [0.1, 0.15) is 35.0 Å². The van der Waals surface area contributed by atoms with Crippen LogP contribution in [0.5, 0.6) is 0 Å². The second-order valence-electron chi connectivity index (χ2n) is 5.25. The molecule has 1 amide bonds. The van der Waals surface area contributed by atoms with Gasteiger partial charge in [-0.15, -0.1) is 0 Å². The zero-order valence-electron chi connectivity index (χ0n) is 11.1. The van der Waals surface area contributed by atoms with Gasteiger partial charge in [-0.25, -0.2) is 0 Å². The van der Waals surface area contributed by atoms with Crippen molar-refractivity contribution in [1.29, 1.82) is 0 Å². The van der Waals surface area contributed by atoms with Gasteiger partial charge < -0.3 is 4.52 Å². The van der Waals surface area contributed by atoms with Crippen LogP contribution in [0.2, 0.25) is 5.02 Å². The van der Waals surface area contributed by atoms with Crippen molar-refractivity contribution in [2.75, 3.05) is 5.32 Å². The van der Waals surface area contributed by atoms with Crippen molar-refractivity contribution in [3.63, 3.8) is 0 Å². The fourth-order valence-electron chi connectivity index (χ4n) is 2.46. The summed E-state index contributed by atoms with van der Waals surface area (Å²) in [4.78, 5) is 12.1. The maximum atomic E-state index is 12.1. The van der Waals surface area contributed by atoms with Crippen LogP contribution in [-0.2, 0) is 12.8 Å². The first-order valence-electron chi connectivity index (χ1n) is 6.68. The second kappa shape index (κ2) is 5.29. The molecule has 20 heavy (non-hydrogen) atoms. The Morgan fingerprint density at radius 3 is 2.90 bits per heavy atom. The fraction of sp³-hybridized carbons (Fsp3) is 0.333. The first kappa shape index (κ1) is 13.2. The van der Waals surface area contributed by atoms with Gasteiger partial charge in [0.05, 0.1) is 5.69 Å². The number of anilines is 1. The van der Waals surface area contributed by atoms with Crippen LogP contribution in [0, 0.1) is 5.92 Å². The number of carbonyl (C=O) groups excluding carboxylic acids is 1. The topological polar surface area (TPSA) is 55.1 Å². The lowest BCUT2D eigenvalue weighted by Crippen LogP contribution is -2.15. The zero-order valence-corrected chi connectivity index (χ0v) is 11.9. The smallest absolute Gasteiger partial charge is 0.258 e. The lowest BCUT2D eigenvalue weighted by Gasteiger charge is -2.16. The molecule has 0 bridgehead atoms. The van der Waals surface area contributed by atoms with E-state index in [1.165, 1.54) is 0 Å². The molecule has 0 radical (unpaired) electrons. The third kappa shape index (κ3) is 2.56. The highest BCUT2D eigenvalue weighted by Gasteiger charge is 2.24. The Kier molecular flexibility index (Phi) is 3.49. The molecule has 3 rings (SSSR count). The largest absolute Gasteiger partial charge is 0.338 e. The van der Waals surface area contributed by atoms with Crippen LogP contribution < -0.4 is 5.32 Å². The lowest BCUT2D eigenvalue weighted by molar-refractivity contribution is 0.102. The molecule has 1 aromatic carbocycles. The van der Waals surface area contributed by atoms with Crippen molar-refractivity contribution in [1.82, 2.24) is 5.16 Å². The van der Waals surface area contributed by atoms with Crippen LogP contribution in [0.3, 0.4) is 0 Å². The summed E-state index contributed by atoms with van der Waals surface area (Å²) in [5, 5.41) is 7.44. The van der Waals surface area contributed by atoms with Gasteiger partial charge >= 0.3 is 0 Å². The van der Waals surface area contributed by atoms with E-state index in [9.17, 15) is 4.79 Å². The molecule has 0 fully saturated rings. The summed E-state index contributed by atoms with van der Waals surface area (Å²) < 4.78 is 5.27. The number of rotatable bonds is 2. The summed E-state index contributed by atoms with van der Waals surface area (Å²) in [6.45, 7) is 2.20. The van der Waals surface area contributed by atoms with Crippen LogP contribution in [0.4, 0.5) is 5.88 Å². The second-order valence-corrected chi connectivity index (χ2v) is 5.68. The molecular weight excluding hydrogens is 276 g/mol. The van der Waals surface area contributed by atoms with Gasteiger partial charge in [0.25, 0.3) is 5.91 Å². The van der Waals surface area contributed by atoms with E-state index in [-0.39, 0.29) is 5.91 Å². The van der Waals surface area contributed by atoms with Crippen molar-refractivity contribution in [2.24, 2.45) is 5.92 Å². The van der Waals surface area contributed by atoms with E-state index in [0.717, 1.165) is 30.5 Å². The van der Waals surface area contributed by atoms with Gasteiger partial charge in [0.15, 0.2) is 0 Å². The molecule has 0 unspecified atom stereocenters. The summed E-state index contributed by atoms with van der Waals surface area (Å²) in [5.74, 6) is 0.860. The minimum Gasteiger partial charge on any atom is -0.338 e. The maximum absolute atomic E-state index is 12.1. The summed E-state index contributed by atoms with van der Waals surface area (Å²) in [6, 6.07) is 6.75. The summed E-state index contributed by atoms with van der Waals surface area (Å²) in [6.07, 6.45) is 2.93. The van der Waals surface area contributed by atoms with Gasteiger partial charge in [-0.3, -0.25) is 10.1 Å². The SMILES string of the molecule is C[C@@H]1CCc2noc(NC(=O)c3ccc(Cl)cc3)c2C1. The van der Waals surface area contributed by atoms with Crippen molar-refractivity contribution < 1.29 is 9.32 Å². The molecule has 0 saturated carbocycles. The number of hydrogen-bond donors (Lipinski definition) is 1. The zero-order chi connectivity index (χ0) is 14.1. The molecule has 1 aliphatic carbocycles. The molecular formula is C15H15ClN2O2. The molecule has 1 N–H and O–H groups in total. The Hall–Kier alpha value is -1.81. The van der Waals surface area contributed by atoms with Crippen molar-refractivity contribution in [3.8, 4) is 0 Å². The maximum Gasteiger partial charge on any atom is 0.258 e. The molecule has 104 valence electrons. The molecule has 0 saturated heterocycles. The number of nitrogens with zero attached hydrogens (tertiary/aromatic N) is 1. The van der Waals surface area contributed by atoms with Crippen molar-refractivity contribution >= 4 is 23.4 Å². The highest BCUT2D eigenvalue weighted by atomic mass is 35.5. The van der Waals surface area contributed by atoms with Gasteiger partial charge in [-0.05, 0) is 49.4 Å². The summed E-state index contributed by atoms with van der Waals surface area (Å²) >= 11 is 5.81. The van der Waals surface area contributed by atoms with E-state index in [2.05, 4.69) is 17.4 Å². The van der Waals surface area contributed by atoms with Crippen LogP contribution in [0.25, 0.3) is 0 Å². The Morgan fingerprint density at radius 2 is 2.15 bits per heavy atom. The first-order chi connectivity index (χ1) is 9.63. The van der Waals surface area contributed by atoms with Crippen LogP contribution in [-0.4, -0.2) is 11.1 Å². The van der Waals surface area contributed by atoms with E-state index in [1.807, 2.05) is 0 Å². The third-order valence-corrected chi connectivity index (χ3v) is 3.88. The lowest BCUT2D eigenvalue weighted by atomic mass is 9.89. The van der Waals surface area contributed by atoms with Gasteiger partial charge in [0.1, 0.15) is 0 Å². The molecule has 4 nitrogen and oxygen atoms in total. The highest BCUT2D eigenvalue weighted by Crippen LogP contribution is 2.30. The van der Waals surface area contributed by atoms with Crippen molar-refractivity contribution in [2.45, 2.75) is 26.2 Å². The van der Waals surface area contributed by atoms with Crippen molar-refractivity contribution in [3.05, 3.63) is 46.1 Å². The molecule has 1 aliphatic rings. The van der Waals surface area contributed by atoms with E-state index in [1.54, 1.807) is 24.3 Å². The molecule has 1 atom stereocenters. The quantitative estimate of drug-likeness (QED) is 0.917. The predicted octanol–water partition coefficient (Wildman–Crippen LogP) is 3.71. The van der Waals surface area contributed by atoms with Gasteiger partial charge in [-0.2, -0.15) is 0 Å². The molecule has 1 heterocycles. The predicted molar refractivity (Wildman–Crippen MR) is 77.1 cm³/mol. The van der Waals surface area contributed by atoms with E-state index < -0.39 is 0 Å². The molecule has 5 heteroatoms. The Bertz CT molecular complexity index is 634. The van der Waals surface area contributed by atoms with E-state index >= 15 is 0 Å². The third-order valence-electron chi connectivity index (χ3n) is 3.63. The monoisotopic (exact) mass is 290 g/mol. The Morgan fingerprint density at radius 1 is 1.40 bits per heavy atom. The van der Waals surface area contributed by atoms with Gasteiger partial charge in [-0.1, -0.05) is 23.7 Å². The number of benzene rings is 1.